The third kappa shape index (κ3) is 10.5. The summed E-state index contributed by atoms with van der Waals surface area (Å²) >= 11 is 0. The fourth-order valence-corrected chi connectivity index (χ4v) is 7.14. The summed E-state index contributed by atoms with van der Waals surface area (Å²) in [6.07, 6.45) is 5.56. The molecule has 0 radical (unpaired) electrons. The third-order valence-corrected chi connectivity index (χ3v) is 10.3. The van der Waals surface area contributed by atoms with Gasteiger partial charge in [0.05, 0.1) is 0 Å². The van der Waals surface area contributed by atoms with E-state index in [9.17, 15) is 14.4 Å². The molecule has 2 heterocycles. The Morgan fingerprint density at radius 2 is 1.62 bits per heavy atom. The van der Waals surface area contributed by atoms with Crippen LogP contribution in [0.15, 0.2) is 66.7 Å². The number of aromatic amines is 1. The lowest BCUT2D eigenvalue weighted by Crippen LogP contribution is -2.48. The van der Waals surface area contributed by atoms with Gasteiger partial charge in [-0.15, -0.1) is 12.4 Å². The fourth-order valence-electron chi connectivity index (χ4n) is 7.14. The molecule has 0 unspecified atom stereocenters. The molecule has 4 aromatic rings. The number of nitrogens with one attached hydrogen (secondary N) is 5. The highest BCUT2D eigenvalue weighted by molar-refractivity contribution is 5.98. The number of hydrogen-bond donors (Lipinski definition) is 6. The first kappa shape index (κ1) is 39.6. The molecule has 0 spiro atoms. The number of H-pyrrole nitrogens is 1. The maximum atomic E-state index is 13.8. The maximum Gasteiger partial charge on any atom is 0.251 e. The molecular formula is C40H51ClN8O4. The van der Waals surface area contributed by atoms with Crippen LogP contribution in [-0.2, 0) is 27.4 Å². The van der Waals surface area contributed by atoms with Gasteiger partial charge in [-0.2, -0.15) is 5.10 Å². The van der Waals surface area contributed by atoms with E-state index in [0.717, 1.165) is 79.4 Å². The van der Waals surface area contributed by atoms with E-state index in [1.165, 1.54) is 0 Å². The van der Waals surface area contributed by atoms with E-state index in [4.69, 9.17) is 10.5 Å². The molecule has 3 aromatic carbocycles. The molecule has 1 saturated carbocycles. The van der Waals surface area contributed by atoms with Gasteiger partial charge in [0.2, 0.25) is 11.8 Å². The van der Waals surface area contributed by atoms with Crippen LogP contribution in [0.4, 0.5) is 5.69 Å². The van der Waals surface area contributed by atoms with Gasteiger partial charge in [0.1, 0.15) is 12.6 Å². The van der Waals surface area contributed by atoms with Crippen LogP contribution >= 0.6 is 12.4 Å². The van der Waals surface area contributed by atoms with Crippen LogP contribution in [-0.4, -0.2) is 71.7 Å². The summed E-state index contributed by atoms with van der Waals surface area (Å²) in [6, 6.07) is 20.5. The molecule has 1 aromatic heterocycles. The van der Waals surface area contributed by atoms with Crippen LogP contribution in [0.1, 0.15) is 65.8 Å². The fraction of sp³-hybridized carbons (Fsp3) is 0.425. The van der Waals surface area contributed by atoms with Gasteiger partial charge in [-0.3, -0.25) is 19.5 Å². The van der Waals surface area contributed by atoms with Gasteiger partial charge in [-0.25, -0.2) is 4.98 Å². The van der Waals surface area contributed by atoms with Crippen LogP contribution in [0.25, 0.3) is 22.5 Å². The average Bonchev–Trinajstić information content (AvgIpc) is 3.64. The number of rotatable bonds is 13. The van der Waals surface area contributed by atoms with Crippen molar-refractivity contribution in [3.8, 4) is 22.5 Å². The summed E-state index contributed by atoms with van der Waals surface area (Å²) in [5.41, 5.74) is 11.9. The Balaban J connectivity index is 0.00000541. The number of hydrogen-bond acceptors (Lipinski definition) is 8. The number of nitrogens with zero attached hydrogens (tertiary/aromatic N) is 2. The largest absolute Gasteiger partial charge is 0.377 e. The van der Waals surface area contributed by atoms with Gasteiger partial charge in [0.15, 0.2) is 11.6 Å². The number of amides is 3. The predicted molar refractivity (Wildman–Crippen MR) is 209 cm³/mol. The molecule has 7 N–H and O–H groups in total. The van der Waals surface area contributed by atoms with Crippen molar-refractivity contribution in [2.75, 3.05) is 32.1 Å². The van der Waals surface area contributed by atoms with Crippen LogP contribution in [0.5, 0.6) is 0 Å². The molecular weight excluding hydrogens is 692 g/mol. The number of halogens is 1. The van der Waals surface area contributed by atoms with Crippen molar-refractivity contribution >= 4 is 35.8 Å². The topological polar surface area (TPSA) is 176 Å². The van der Waals surface area contributed by atoms with E-state index in [1.54, 1.807) is 19.2 Å². The van der Waals surface area contributed by atoms with Crippen molar-refractivity contribution in [1.82, 2.24) is 31.1 Å². The number of methoxy groups -OCH3 is 1. The van der Waals surface area contributed by atoms with Crippen LogP contribution in [0, 0.1) is 18.8 Å². The van der Waals surface area contributed by atoms with Gasteiger partial charge in [-0.05, 0) is 130 Å². The summed E-state index contributed by atoms with van der Waals surface area (Å²) in [5, 5.41) is 19.7. The zero-order valence-electron chi connectivity index (χ0n) is 30.5. The Bertz CT molecular complexity index is 1820. The van der Waals surface area contributed by atoms with Crippen molar-refractivity contribution < 1.29 is 19.1 Å². The summed E-state index contributed by atoms with van der Waals surface area (Å²) in [4.78, 5) is 44.6. The molecule has 53 heavy (non-hydrogen) atoms. The molecule has 6 rings (SSSR count). The third-order valence-electron chi connectivity index (χ3n) is 10.3. The van der Waals surface area contributed by atoms with Gasteiger partial charge >= 0.3 is 0 Å². The normalized spacial score (nSPS) is 18.0. The number of carbonyl (C=O) groups excluding carboxylic acids is 3. The number of anilines is 1. The molecule has 1 aliphatic carbocycles. The SMILES string of the molecule is COCc1nc(-c2ccc(NC(=O)[C@H](Cc3ccc(-c4ccc(C(=O)NC5CCNCC5)cc4C)cc3)NC(=O)C3CCC(CN)CC3)cc2)n[nH]1.Cl. The summed E-state index contributed by atoms with van der Waals surface area (Å²) < 4.78 is 5.11. The number of nitrogens with two attached hydrogens (primary N) is 1. The number of piperidine rings is 1. The van der Waals surface area contributed by atoms with E-state index in [0.29, 0.717) is 48.4 Å². The minimum absolute atomic E-state index is 0. The smallest absolute Gasteiger partial charge is 0.251 e. The highest BCUT2D eigenvalue weighted by Crippen LogP contribution is 2.29. The number of carbonyl (C=O) groups is 3. The zero-order chi connectivity index (χ0) is 36.5. The summed E-state index contributed by atoms with van der Waals surface area (Å²) in [5.74, 6) is 1.03. The lowest BCUT2D eigenvalue weighted by molar-refractivity contribution is -0.130. The van der Waals surface area contributed by atoms with Gasteiger partial charge < -0.3 is 31.7 Å². The van der Waals surface area contributed by atoms with E-state index >= 15 is 0 Å². The van der Waals surface area contributed by atoms with Crippen LogP contribution in [0.2, 0.25) is 0 Å². The molecule has 0 bridgehead atoms. The minimum atomic E-state index is -0.783. The Labute approximate surface area is 317 Å². The molecule has 282 valence electrons. The number of benzene rings is 3. The van der Waals surface area contributed by atoms with Crippen molar-refractivity contribution in [1.29, 1.82) is 0 Å². The lowest BCUT2D eigenvalue weighted by Gasteiger charge is -2.28. The van der Waals surface area contributed by atoms with E-state index in [1.807, 2.05) is 61.5 Å². The van der Waals surface area contributed by atoms with Crippen LogP contribution < -0.4 is 27.0 Å². The Morgan fingerprint density at radius 1 is 0.925 bits per heavy atom. The molecule has 1 atom stereocenters. The molecule has 2 aliphatic rings. The second kappa shape index (κ2) is 18.9. The molecule has 13 heteroatoms. The average molecular weight is 743 g/mol. The Kier molecular flexibility index (Phi) is 14.1. The van der Waals surface area contributed by atoms with Gasteiger partial charge in [0, 0.05) is 42.3 Å². The molecule has 3 amide bonds. The standard InChI is InChI=1S/C40H50N8O4.ClH/c1-25-21-31(39(50)43-33-17-19-42-20-18-33)13-16-34(25)28-7-3-26(4-8-28)22-35(45-38(49)30-9-5-27(23-41)6-10-30)40(51)44-32-14-11-29(12-15-32)37-46-36(24-52-2)47-48-37;/h3-4,7-8,11-16,21,27,30,33,35,42H,5-6,9-10,17-20,22-24,41H2,1-2H3,(H,43,50)(H,44,51)(H,45,49)(H,46,47,48);1H/t27?,30?,35-;/m0./s1. The first-order valence-corrected chi connectivity index (χ1v) is 18.3. The number of aryl methyl sites for hydroxylation is 1. The Morgan fingerprint density at radius 3 is 2.28 bits per heavy atom. The van der Waals surface area contributed by atoms with Gasteiger partial charge in [0.25, 0.3) is 5.91 Å². The van der Waals surface area contributed by atoms with Crippen molar-refractivity contribution in [2.45, 2.75) is 70.6 Å². The molecule has 1 aliphatic heterocycles. The predicted octanol–water partition coefficient (Wildman–Crippen LogP) is 4.93. The number of aromatic nitrogens is 3. The molecule has 1 saturated heterocycles. The maximum absolute atomic E-state index is 13.8. The molecule has 2 fully saturated rings. The van der Waals surface area contributed by atoms with Crippen molar-refractivity contribution in [2.24, 2.45) is 17.6 Å². The number of ether oxygens (including phenoxy) is 1. The van der Waals surface area contributed by atoms with E-state index < -0.39 is 6.04 Å². The first-order chi connectivity index (χ1) is 25.3. The Hall–Kier alpha value is -4.62. The highest BCUT2D eigenvalue weighted by atomic mass is 35.5. The summed E-state index contributed by atoms with van der Waals surface area (Å²) in [6.45, 7) is 4.82. The van der Waals surface area contributed by atoms with E-state index in [-0.39, 0.29) is 42.1 Å². The second-order valence-corrected chi connectivity index (χ2v) is 14.0. The molecule has 12 nitrogen and oxygen atoms in total. The van der Waals surface area contributed by atoms with Crippen LogP contribution in [0.3, 0.4) is 0 Å². The minimum Gasteiger partial charge on any atom is -0.377 e. The first-order valence-electron chi connectivity index (χ1n) is 18.3. The second-order valence-electron chi connectivity index (χ2n) is 14.0. The zero-order valence-corrected chi connectivity index (χ0v) is 31.3. The van der Waals surface area contributed by atoms with Crippen molar-refractivity contribution in [3.63, 3.8) is 0 Å². The van der Waals surface area contributed by atoms with Crippen molar-refractivity contribution in [3.05, 3.63) is 89.2 Å². The monoisotopic (exact) mass is 742 g/mol. The summed E-state index contributed by atoms with van der Waals surface area (Å²) in [7, 11) is 1.59. The quantitative estimate of drug-likeness (QED) is 0.112. The highest BCUT2D eigenvalue weighted by Gasteiger charge is 2.29. The van der Waals surface area contributed by atoms with Gasteiger partial charge in [-0.1, -0.05) is 30.3 Å². The lowest BCUT2D eigenvalue weighted by atomic mass is 9.81. The van der Waals surface area contributed by atoms with E-state index in [2.05, 4.69) is 36.4 Å².